The van der Waals surface area contributed by atoms with E-state index in [1.165, 1.54) is 0 Å². The first-order chi connectivity index (χ1) is 20.0. The zero-order valence-corrected chi connectivity index (χ0v) is 23.7. The molecule has 2 aromatic heterocycles. The van der Waals surface area contributed by atoms with Crippen molar-refractivity contribution in [3.05, 3.63) is 90.0 Å². The maximum absolute atomic E-state index is 6.57. The predicted molar refractivity (Wildman–Crippen MR) is 162 cm³/mol. The van der Waals surface area contributed by atoms with Crippen molar-refractivity contribution in [1.82, 2.24) is 14.4 Å². The molecule has 0 saturated carbocycles. The highest BCUT2D eigenvalue weighted by Gasteiger charge is 2.23. The summed E-state index contributed by atoms with van der Waals surface area (Å²) in [4.78, 5) is 10.3. The van der Waals surface area contributed by atoms with Gasteiger partial charge in [0.15, 0.2) is 11.5 Å². The van der Waals surface area contributed by atoms with Gasteiger partial charge in [0.05, 0.1) is 56.1 Å². The van der Waals surface area contributed by atoms with E-state index in [1.807, 2.05) is 89.3 Å². The Kier molecular flexibility index (Phi) is 6.99. The molecule has 0 atom stereocenters. The molecule has 6 rings (SSSR count). The minimum atomic E-state index is 0.533. The molecule has 0 spiro atoms. The number of hydrogen-bond acceptors (Lipinski definition) is 7. The summed E-state index contributed by atoms with van der Waals surface area (Å²) in [6, 6.07) is 27.0. The van der Waals surface area contributed by atoms with Crippen LogP contribution in [0.3, 0.4) is 0 Å². The minimum Gasteiger partial charge on any atom is -0.497 e. The van der Waals surface area contributed by atoms with Crippen molar-refractivity contribution in [3.63, 3.8) is 0 Å². The average Bonchev–Trinajstić information content (AvgIpc) is 3.43. The summed E-state index contributed by atoms with van der Waals surface area (Å²) in [5.41, 5.74) is 5.52. The van der Waals surface area contributed by atoms with Crippen molar-refractivity contribution in [2.75, 3.05) is 33.8 Å². The lowest BCUT2D eigenvalue weighted by Crippen LogP contribution is -2.05. The van der Waals surface area contributed by atoms with Gasteiger partial charge in [-0.2, -0.15) is 0 Å². The minimum absolute atomic E-state index is 0.533. The predicted octanol–water partition coefficient (Wildman–Crippen LogP) is 7.65. The Labute approximate surface area is 242 Å². The van der Waals surface area contributed by atoms with E-state index in [9.17, 15) is 0 Å². The van der Waals surface area contributed by atoms with Crippen LogP contribution < -0.4 is 24.3 Å². The Morgan fingerprint density at radius 1 is 0.683 bits per heavy atom. The molecule has 2 heterocycles. The largest absolute Gasteiger partial charge is 0.497 e. The van der Waals surface area contributed by atoms with E-state index >= 15 is 0 Å². The summed E-state index contributed by atoms with van der Waals surface area (Å²) in [6.45, 7) is 0. The fourth-order valence-electron chi connectivity index (χ4n) is 4.84. The second-order valence-electron chi connectivity index (χ2n) is 9.19. The van der Waals surface area contributed by atoms with E-state index in [4.69, 9.17) is 40.5 Å². The molecule has 9 heteroatoms. The Morgan fingerprint density at radius 2 is 1.29 bits per heavy atom. The number of ether oxygens (including phenoxy) is 4. The van der Waals surface area contributed by atoms with Gasteiger partial charge in [-0.1, -0.05) is 23.7 Å². The maximum atomic E-state index is 6.57. The topological polar surface area (TPSA) is 79.1 Å². The number of para-hydroxylation sites is 1. The molecule has 4 aromatic carbocycles. The molecule has 0 amide bonds. The van der Waals surface area contributed by atoms with E-state index in [2.05, 4.69) is 5.32 Å². The Bertz CT molecular complexity index is 1870. The van der Waals surface area contributed by atoms with Gasteiger partial charge in [-0.25, -0.2) is 9.97 Å². The summed E-state index contributed by atoms with van der Waals surface area (Å²) in [5.74, 6) is 3.19. The molecule has 1 N–H and O–H groups in total. The second-order valence-corrected chi connectivity index (χ2v) is 9.60. The van der Waals surface area contributed by atoms with Crippen LogP contribution in [0.4, 0.5) is 11.6 Å². The normalized spacial score (nSPS) is 11.0. The summed E-state index contributed by atoms with van der Waals surface area (Å²) in [7, 11) is 6.51. The third-order valence-corrected chi connectivity index (χ3v) is 7.24. The van der Waals surface area contributed by atoms with Crippen LogP contribution in [0, 0.1) is 0 Å². The van der Waals surface area contributed by atoms with Gasteiger partial charge >= 0.3 is 0 Å². The number of fused-ring (bicyclic) bond motifs is 3. The third-order valence-electron chi connectivity index (χ3n) is 6.91. The van der Waals surface area contributed by atoms with Gasteiger partial charge in [0.25, 0.3) is 0 Å². The standard InChI is InChI=1S/C32H27ClN4O4/c1-38-21-13-9-19(10-14-21)29-30(20-11-15-22(39-2)16-12-20)37-31(36-29)23-17-27(40-3)28(41-4)18-26(23)35-32(37)34-25-8-6-5-7-24(25)33/h5-18H,1-4H3,(H,34,35). The number of anilines is 2. The third kappa shape index (κ3) is 4.72. The maximum Gasteiger partial charge on any atom is 0.214 e. The lowest BCUT2D eigenvalue weighted by atomic mass is 10.0. The highest BCUT2D eigenvalue weighted by Crippen LogP contribution is 2.41. The highest BCUT2D eigenvalue weighted by atomic mass is 35.5. The van der Waals surface area contributed by atoms with Crippen LogP contribution in [0.15, 0.2) is 84.9 Å². The zero-order chi connectivity index (χ0) is 28.5. The van der Waals surface area contributed by atoms with Gasteiger partial charge in [-0.3, -0.25) is 4.40 Å². The number of methoxy groups -OCH3 is 4. The first-order valence-corrected chi connectivity index (χ1v) is 13.2. The first-order valence-electron chi connectivity index (χ1n) is 12.8. The number of rotatable bonds is 8. The molecule has 206 valence electrons. The summed E-state index contributed by atoms with van der Waals surface area (Å²) in [5, 5.41) is 4.81. The molecule has 41 heavy (non-hydrogen) atoms. The molecule has 0 aliphatic rings. The molecule has 0 unspecified atom stereocenters. The molecule has 0 aliphatic carbocycles. The second kappa shape index (κ2) is 10.9. The number of nitrogens with zero attached hydrogens (tertiary/aromatic N) is 3. The fourth-order valence-corrected chi connectivity index (χ4v) is 5.03. The Hall–Kier alpha value is -4.95. The Balaban J connectivity index is 1.73. The quantitative estimate of drug-likeness (QED) is 0.203. The van der Waals surface area contributed by atoms with Crippen LogP contribution in [0.2, 0.25) is 5.02 Å². The zero-order valence-electron chi connectivity index (χ0n) is 22.9. The number of benzene rings is 4. The fraction of sp³-hybridized carbons (Fsp3) is 0.125. The molecular weight excluding hydrogens is 540 g/mol. The van der Waals surface area contributed by atoms with E-state index in [1.54, 1.807) is 28.4 Å². The van der Waals surface area contributed by atoms with E-state index in [-0.39, 0.29) is 0 Å². The van der Waals surface area contributed by atoms with Crippen LogP contribution in [0.1, 0.15) is 0 Å². The molecule has 0 saturated heterocycles. The molecular formula is C32H27ClN4O4. The van der Waals surface area contributed by atoms with Crippen LogP contribution in [-0.4, -0.2) is 42.8 Å². The number of aromatic nitrogens is 3. The van der Waals surface area contributed by atoms with Gasteiger partial charge in [0.1, 0.15) is 17.1 Å². The summed E-state index contributed by atoms with van der Waals surface area (Å²) >= 11 is 6.57. The smallest absolute Gasteiger partial charge is 0.214 e. The molecule has 0 radical (unpaired) electrons. The van der Waals surface area contributed by atoms with Crippen molar-refractivity contribution < 1.29 is 18.9 Å². The number of halogens is 1. The lowest BCUT2D eigenvalue weighted by Gasteiger charge is -2.15. The lowest BCUT2D eigenvalue weighted by molar-refractivity contribution is 0.356. The van der Waals surface area contributed by atoms with Crippen LogP contribution in [0.25, 0.3) is 39.1 Å². The average molecular weight is 567 g/mol. The van der Waals surface area contributed by atoms with Gasteiger partial charge in [0.2, 0.25) is 5.95 Å². The number of nitrogens with one attached hydrogen (secondary N) is 1. The highest BCUT2D eigenvalue weighted by molar-refractivity contribution is 6.33. The van der Waals surface area contributed by atoms with Crippen molar-refractivity contribution in [2.24, 2.45) is 0 Å². The van der Waals surface area contributed by atoms with E-state index < -0.39 is 0 Å². The molecule has 0 bridgehead atoms. The number of hydrogen-bond donors (Lipinski definition) is 1. The Morgan fingerprint density at radius 3 is 1.90 bits per heavy atom. The van der Waals surface area contributed by atoms with Crippen molar-refractivity contribution in [1.29, 1.82) is 0 Å². The first kappa shape index (κ1) is 26.3. The molecule has 0 fully saturated rings. The van der Waals surface area contributed by atoms with Crippen LogP contribution >= 0.6 is 11.6 Å². The molecule has 8 nitrogen and oxygen atoms in total. The van der Waals surface area contributed by atoms with Crippen LogP contribution in [0.5, 0.6) is 23.0 Å². The SMILES string of the molecule is COc1ccc(-c2nc3c4cc(OC)c(OC)cc4nc(Nc4ccccc4Cl)n3c2-c2ccc(OC)cc2)cc1. The molecule has 0 aliphatic heterocycles. The monoisotopic (exact) mass is 566 g/mol. The summed E-state index contributed by atoms with van der Waals surface area (Å²) < 4.78 is 24.1. The van der Waals surface area contributed by atoms with Crippen LogP contribution in [-0.2, 0) is 0 Å². The van der Waals surface area contributed by atoms with E-state index in [0.717, 1.165) is 39.4 Å². The van der Waals surface area contributed by atoms with Gasteiger partial charge in [-0.15, -0.1) is 0 Å². The van der Waals surface area contributed by atoms with Gasteiger partial charge < -0.3 is 24.3 Å². The van der Waals surface area contributed by atoms with E-state index in [0.29, 0.717) is 39.3 Å². The number of imidazole rings is 1. The van der Waals surface area contributed by atoms with Gasteiger partial charge in [-0.05, 0) is 66.7 Å². The summed E-state index contributed by atoms with van der Waals surface area (Å²) in [6.07, 6.45) is 0. The van der Waals surface area contributed by atoms with Crippen molar-refractivity contribution in [3.8, 4) is 45.5 Å². The molecule has 6 aromatic rings. The van der Waals surface area contributed by atoms with Crippen molar-refractivity contribution >= 4 is 39.8 Å². The van der Waals surface area contributed by atoms with Gasteiger partial charge in [0, 0.05) is 22.6 Å². The van der Waals surface area contributed by atoms with Crippen molar-refractivity contribution in [2.45, 2.75) is 0 Å².